The van der Waals surface area contributed by atoms with Crippen molar-refractivity contribution >= 4 is 17.2 Å². The molecule has 1 aromatic heterocycles. The van der Waals surface area contributed by atoms with Crippen LogP contribution in [0.3, 0.4) is 0 Å². The molecule has 0 atom stereocenters. The van der Waals surface area contributed by atoms with Gasteiger partial charge in [0.25, 0.3) is 5.91 Å². The molecule has 1 N–H and O–H groups in total. The number of hydrogen-bond acceptors (Lipinski definition) is 4. The SMILES string of the molecule is CN(Cc1cscn1)C(=O)c1cc(F)ccc1C#CCO. The summed E-state index contributed by atoms with van der Waals surface area (Å²) >= 11 is 1.45. The number of hydrogen-bond donors (Lipinski definition) is 1. The molecule has 108 valence electrons. The molecule has 0 saturated carbocycles. The van der Waals surface area contributed by atoms with Crippen molar-refractivity contribution in [1.82, 2.24) is 9.88 Å². The second-order valence-corrected chi connectivity index (χ2v) is 5.01. The number of amides is 1. The highest BCUT2D eigenvalue weighted by atomic mass is 32.1. The Morgan fingerprint density at radius 2 is 2.33 bits per heavy atom. The van der Waals surface area contributed by atoms with Crippen molar-refractivity contribution in [3.63, 3.8) is 0 Å². The fourth-order valence-electron chi connectivity index (χ4n) is 1.77. The standard InChI is InChI=1S/C15H13FN2O2S/c1-18(8-13-9-21-10-17-13)15(20)14-7-12(16)5-4-11(14)3-2-6-19/h4-5,7,9-10,19H,6,8H2,1H3. The van der Waals surface area contributed by atoms with E-state index in [-0.39, 0.29) is 18.1 Å². The van der Waals surface area contributed by atoms with Gasteiger partial charge in [0.2, 0.25) is 0 Å². The lowest BCUT2D eigenvalue weighted by Gasteiger charge is -2.17. The van der Waals surface area contributed by atoms with Gasteiger partial charge >= 0.3 is 0 Å². The summed E-state index contributed by atoms with van der Waals surface area (Å²) in [4.78, 5) is 18.0. The summed E-state index contributed by atoms with van der Waals surface area (Å²) in [5.41, 5.74) is 3.03. The average Bonchev–Trinajstić information content (AvgIpc) is 2.98. The van der Waals surface area contributed by atoms with Gasteiger partial charge in [-0.05, 0) is 18.2 Å². The number of aliphatic hydroxyl groups is 1. The second-order valence-electron chi connectivity index (χ2n) is 4.29. The van der Waals surface area contributed by atoms with Crippen molar-refractivity contribution in [3.05, 3.63) is 51.7 Å². The van der Waals surface area contributed by atoms with Crippen molar-refractivity contribution in [2.45, 2.75) is 6.54 Å². The van der Waals surface area contributed by atoms with Gasteiger partial charge in [0, 0.05) is 18.0 Å². The first-order chi connectivity index (χ1) is 10.1. The maximum Gasteiger partial charge on any atom is 0.255 e. The van der Waals surface area contributed by atoms with Gasteiger partial charge in [0.15, 0.2) is 0 Å². The van der Waals surface area contributed by atoms with Crippen LogP contribution in [0.25, 0.3) is 0 Å². The number of carbonyl (C=O) groups is 1. The Bertz CT molecular complexity index is 689. The minimum Gasteiger partial charge on any atom is -0.384 e. The molecule has 0 spiro atoms. The zero-order valence-electron chi connectivity index (χ0n) is 11.3. The molecule has 0 aliphatic rings. The second kappa shape index (κ2) is 6.97. The average molecular weight is 304 g/mol. The molecule has 1 amide bonds. The molecule has 6 heteroatoms. The van der Waals surface area contributed by atoms with Crippen molar-refractivity contribution in [2.24, 2.45) is 0 Å². The Morgan fingerprint density at radius 1 is 1.52 bits per heavy atom. The van der Waals surface area contributed by atoms with Gasteiger partial charge in [-0.2, -0.15) is 0 Å². The summed E-state index contributed by atoms with van der Waals surface area (Å²) in [6, 6.07) is 3.82. The van der Waals surface area contributed by atoms with E-state index in [9.17, 15) is 9.18 Å². The number of nitrogens with zero attached hydrogens (tertiary/aromatic N) is 2. The van der Waals surface area contributed by atoms with Crippen molar-refractivity contribution in [2.75, 3.05) is 13.7 Å². The molecule has 0 bridgehead atoms. The van der Waals surface area contributed by atoms with Gasteiger partial charge in [-0.1, -0.05) is 11.8 Å². The molecule has 4 nitrogen and oxygen atoms in total. The molecule has 0 fully saturated rings. The minimum atomic E-state index is -0.505. The highest BCUT2D eigenvalue weighted by Gasteiger charge is 2.17. The quantitative estimate of drug-likeness (QED) is 0.881. The highest BCUT2D eigenvalue weighted by molar-refractivity contribution is 7.07. The lowest BCUT2D eigenvalue weighted by Crippen LogP contribution is -2.27. The summed E-state index contributed by atoms with van der Waals surface area (Å²) in [6.07, 6.45) is 0. The summed E-state index contributed by atoms with van der Waals surface area (Å²) in [6.45, 7) is 0.0192. The van der Waals surface area contributed by atoms with Crippen LogP contribution in [0.2, 0.25) is 0 Å². The molecule has 0 saturated heterocycles. The van der Waals surface area contributed by atoms with E-state index < -0.39 is 5.82 Å². The number of aromatic nitrogens is 1. The van der Waals surface area contributed by atoms with Crippen molar-refractivity contribution < 1.29 is 14.3 Å². The highest BCUT2D eigenvalue weighted by Crippen LogP contribution is 2.14. The van der Waals surface area contributed by atoms with Gasteiger partial charge in [-0.3, -0.25) is 4.79 Å². The monoisotopic (exact) mass is 304 g/mol. The van der Waals surface area contributed by atoms with Crippen LogP contribution in [0, 0.1) is 17.7 Å². The number of aliphatic hydroxyl groups excluding tert-OH is 1. The molecule has 2 rings (SSSR count). The van der Waals surface area contributed by atoms with Gasteiger partial charge in [-0.25, -0.2) is 9.37 Å². The van der Waals surface area contributed by atoms with Gasteiger partial charge in [0.05, 0.1) is 23.3 Å². The molecular formula is C15H13FN2O2S. The number of halogens is 1. The molecule has 2 aromatic rings. The van der Waals surface area contributed by atoms with Crippen LogP contribution >= 0.6 is 11.3 Å². The Kier molecular flexibility index (Phi) is 5.04. The molecular weight excluding hydrogens is 291 g/mol. The Balaban J connectivity index is 2.26. The first-order valence-electron chi connectivity index (χ1n) is 6.13. The van der Waals surface area contributed by atoms with Crippen molar-refractivity contribution in [3.8, 4) is 11.8 Å². The fourth-order valence-corrected chi connectivity index (χ4v) is 2.32. The molecule has 21 heavy (non-hydrogen) atoms. The van der Waals surface area contributed by atoms with Crippen LogP contribution in [0.4, 0.5) is 4.39 Å². The molecule has 1 aromatic carbocycles. The summed E-state index contributed by atoms with van der Waals surface area (Å²) in [7, 11) is 1.62. The third kappa shape index (κ3) is 3.88. The van der Waals surface area contributed by atoms with E-state index in [0.717, 1.165) is 11.8 Å². The minimum absolute atomic E-state index is 0.175. The molecule has 0 aliphatic carbocycles. The first kappa shape index (κ1) is 15.2. The van der Waals surface area contributed by atoms with Gasteiger partial charge in [-0.15, -0.1) is 11.3 Å². The van der Waals surface area contributed by atoms with E-state index in [2.05, 4.69) is 16.8 Å². The van der Waals surface area contributed by atoms with E-state index in [4.69, 9.17) is 5.11 Å². The fraction of sp³-hybridized carbons (Fsp3) is 0.200. The van der Waals surface area contributed by atoms with Crippen LogP contribution in [0.15, 0.2) is 29.1 Å². The van der Waals surface area contributed by atoms with Crippen LogP contribution in [0.5, 0.6) is 0 Å². The summed E-state index contributed by atoms with van der Waals surface area (Å²) in [5.74, 6) is 4.28. The van der Waals surface area contributed by atoms with E-state index >= 15 is 0 Å². The number of benzene rings is 1. The number of carbonyl (C=O) groups excluding carboxylic acids is 1. The zero-order chi connectivity index (χ0) is 15.2. The predicted octanol–water partition coefficient (Wildman–Crippen LogP) is 1.90. The van der Waals surface area contributed by atoms with Crippen LogP contribution in [-0.4, -0.2) is 34.6 Å². The van der Waals surface area contributed by atoms with E-state index in [1.54, 1.807) is 12.6 Å². The lowest BCUT2D eigenvalue weighted by molar-refractivity contribution is 0.0783. The van der Waals surface area contributed by atoms with Crippen LogP contribution < -0.4 is 0 Å². The first-order valence-corrected chi connectivity index (χ1v) is 7.08. The van der Waals surface area contributed by atoms with Crippen LogP contribution in [-0.2, 0) is 6.54 Å². The van der Waals surface area contributed by atoms with E-state index in [1.165, 1.54) is 28.4 Å². The maximum absolute atomic E-state index is 13.4. The molecule has 1 heterocycles. The molecule has 0 unspecified atom stereocenters. The normalized spacial score (nSPS) is 9.86. The predicted molar refractivity (Wildman–Crippen MR) is 78.3 cm³/mol. The van der Waals surface area contributed by atoms with Gasteiger partial charge < -0.3 is 10.0 Å². The van der Waals surface area contributed by atoms with E-state index in [0.29, 0.717) is 12.1 Å². The third-order valence-corrected chi connectivity index (χ3v) is 3.38. The largest absolute Gasteiger partial charge is 0.384 e. The third-order valence-electron chi connectivity index (χ3n) is 2.74. The van der Waals surface area contributed by atoms with Crippen molar-refractivity contribution in [1.29, 1.82) is 0 Å². The van der Waals surface area contributed by atoms with Gasteiger partial charge in [0.1, 0.15) is 12.4 Å². The Hall–Kier alpha value is -2.23. The lowest BCUT2D eigenvalue weighted by atomic mass is 10.1. The Morgan fingerprint density at radius 3 is 3.00 bits per heavy atom. The summed E-state index contributed by atoms with van der Waals surface area (Å²) in [5, 5.41) is 10.6. The van der Waals surface area contributed by atoms with Crippen LogP contribution in [0.1, 0.15) is 21.6 Å². The number of rotatable bonds is 3. The maximum atomic E-state index is 13.4. The smallest absolute Gasteiger partial charge is 0.255 e. The zero-order valence-corrected chi connectivity index (χ0v) is 12.2. The Labute approximate surface area is 125 Å². The molecule has 0 radical (unpaired) electrons. The summed E-state index contributed by atoms with van der Waals surface area (Å²) < 4.78 is 13.4. The van der Waals surface area contributed by atoms with E-state index in [1.807, 2.05) is 5.38 Å². The molecule has 0 aliphatic heterocycles. The topological polar surface area (TPSA) is 53.4 Å². The number of thiazole rings is 1.